The summed E-state index contributed by atoms with van der Waals surface area (Å²) >= 11 is 5.77. The van der Waals surface area contributed by atoms with Crippen molar-refractivity contribution >= 4 is 23.2 Å². The summed E-state index contributed by atoms with van der Waals surface area (Å²) in [6.07, 6.45) is 1.63. The number of carbonyl (C=O) groups excluding carboxylic acids is 1. The molecule has 3 aromatic rings. The van der Waals surface area contributed by atoms with Crippen LogP contribution in [0, 0.1) is 6.92 Å². The predicted octanol–water partition coefficient (Wildman–Crippen LogP) is 2.88. The monoisotopic (exact) mass is 314 g/mol. The van der Waals surface area contributed by atoms with Crippen LogP contribution in [0.5, 0.6) is 5.88 Å². The number of halogens is 1. The lowest BCUT2D eigenvalue weighted by atomic mass is 10.2. The Hall–Kier alpha value is -2.66. The molecular weight excluding hydrogens is 304 g/mol. The maximum atomic E-state index is 12.0. The summed E-state index contributed by atoms with van der Waals surface area (Å²) in [4.78, 5) is 28.2. The van der Waals surface area contributed by atoms with E-state index >= 15 is 0 Å². The minimum Gasteiger partial charge on any atom is -0.404 e. The number of benzene rings is 1. The van der Waals surface area contributed by atoms with Crippen molar-refractivity contribution in [2.24, 2.45) is 0 Å². The molecule has 6 heteroatoms. The predicted molar refractivity (Wildman–Crippen MR) is 82.6 cm³/mol. The molecule has 110 valence electrons. The number of hydrogen-bond acceptors (Lipinski definition) is 4. The van der Waals surface area contributed by atoms with Crippen molar-refractivity contribution in [3.05, 3.63) is 75.2 Å². The molecule has 0 bridgehead atoms. The van der Waals surface area contributed by atoms with Gasteiger partial charge in [0.15, 0.2) is 0 Å². The van der Waals surface area contributed by atoms with E-state index in [4.69, 9.17) is 16.3 Å². The Balaban J connectivity index is 1.95. The molecule has 0 aliphatic carbocycles. The zero-order valence-electron chi connectivity index (χ0n) is 11.6. The molecular formula is C16H11ClN2O3. The van der Waals surface area contributed by atoms with Crippen molar-refractivity contribution in [2.75, 3.05) is 0 Å². The van der Waals surface area contributed by atoms with Gasteiger partial charge in [0.2, 0.25) is 5.88 Å². The van der Waals surface area contributed by atoms with E-state index in [-0.39, 0.29) is 11.4 Å². The number of ether oxygens (including phenoxy) is 1. The fourth-order valence-electron chi connectivity index (χ4n) is 1.97. The Morgan fingerprint density at radius 1 is 1.18 bits per heavy atom. The van der Waals surface area contributed by atoms with Crippen molar-refractivity contribution < 1.29 is 9.53 Å². The average Bonchev–Trinajstić information content (AvgIpc) is 2.47. The molecule has 0 N–H and O–H groups in total. The van der Waals surface area contributed by atoms with E-state index in [2.05, 4.69) is 4.98 Å². The molecule has 0 aliphatic heterocycles. The van der Waals surface area contributed by atoms with Gasteiger partial charge in [0.25, 0.3) is 5.56 Å². The molecule has 0 aliphatic rings. The Kier molecular flexibility index (Phi) is 3.65. The standard InChI is InChI=1S/C16H11ClN2O3/c1-10-6-7-19-13(8-10)18-14(9-15(19)20)22-16(21)11-2-4-12(17)5-3-11/h2-9H,1H3. The Morgan fingerprint density at radius 2 is 1.91 bits per heavy atom. The molecule has 0 radical (unpaired) electrons. The Morgan fingerprint density at radius 3 is 2.64 bits per heavy atom. The van der Waals surface area contributed by atoms with Crippen LogP contribution in [-0.2, 0) is 0 Å². The molecule has 0 amide bonds. The summed E-state index contributed by atoms with van der Waals surface area (Å²) in [6.45, 7) is 1.89. The molecule has 5 nitrogen and oxygen atoms in total. The SMILES string of the molecule is Cc1ccn2c(=O)cc(OC(=O)c3ccc(Cl)cc3)nc2c1. The summed E-state index contributed by atoms with van der Waals surface area (Å²) in [6, 6.07) is 11.0. The van der Waals surface area contributed by atoms with Crippen LogP contribution < -0.4 is 10.3 Å². The molecule has 0 spiro atoms. The third-order valence-corrected chi connectivity index (χ3v) is 3.33. The topological polar surface area (TPSA) is 60.7 Å². The molecule has 0 fully saturated rings. The van der Waals surface area contributed by atoms with Crippen molar-refractivity contribution in [1.29, 1.82) is 0 Å². The third kappa shape index (κ3) is 2.84. The van der Waals surface area contributed by atoms with Crippen LogP contribution in [0.15, 0.2) is 53.5 Å². The van der Waals surface area contributed by atoms with Crippen molar-refractivity contribution in [1.82, 2.24) is 9.38 Å². The first-order valence-electron chi connectivity index (χ1n) is 6.51. The highest BCUT2D eigenvalue weighted by molar-refractivity contribution is 6.30. The van der Waals surface area contributed by atoms with E-state index in [1.54, 1.807) is 42.6 Å². The van der Waals surface area contributed by atoms with Crippen molar-refractivity contribution in [3.8, 4) is 5.88 Å². The first-order chi connectivity index (χ1) is 10.5. The number of hydrogen-bond donors (Lipinski definition) is 0. The van der Waals surface area contributed by atoms with Crippen LogP contribution >= 0.6 is 11.6 Å². The van der Waals surface area contributed by atoms with Gasteiger partial charge in [-0.3, -0.25) is 9.20 Å². The minimum absolute atomic E-state index is 0.0319. The highest BCUT2D eigenvalue weighted by Gasteiger charge is 2.11. The second-order valence-corrected chi connectivity index (χ2v) is 5.20. The third-order valence-electron chi connectivity index (χ3n) is 3.08. The number of nitrogens with zero attached hydrogens (tertiary/aromatic N) is 2. The zero-order chi connectivity index (χ0) is 15.7. The summed E-state index contributed by atoms with van der Waals surface area (Å²) in [5.41, 5.74) is 1.39. The second-order valence-electron chi connectivity index (χ2n) is 4.76. The number of aryl methyl sites for hydroxylation is 1. The summed E-state index contributed by atoms with van der Waals surface area (Å²) in [5, 5.41) is 0.522. The van der Waals surface area contributed by atoms with Crippen LogP contribution in [0.4, 0.5) is 0 Å². The van der Waals surface area contributed by atoms with E-state index in [0.717, 1.165) is 5.56 Å². The van der Waals surface area contributed by atoms with E-state index in [0.29, 0.717) is 16.2 Å². The normalized spacial score (nSPS) is 10.6. The molecule has 0 saturated carbocycles. The van der Waals surface area contributed by atoms with E-state index in [1.165, 1.54) is 10.5 Å². The molecule has 3 rings (SSSR count). The minimum atomic E-state index is -0.597. The number of aromatic nitrogens is 2. The number of esters is 1. The zero-order valence-corrected chi connectivity index (χ0v) is 12.4. The maximum absolute atomic E-state index is 12.0. The van der Waals surface area contributed by atoms with Gasteiger partial charge in [0, 0.05) is 11.2 Å². The fraction of sp³-hybridized carbons (Fsp3) is 0.0625. The summed E-state index contributed by atoms with van der Waals surface area (Å²) in [5.74, 6) is -0.629. The number of rotatable bonds is 2. The molecule has 0 saturated heterocycles. The number of carbonyl (C=O) groups is 1. The molecule has 22 heavy (non-hydrogen) atoms. The highest BCUT2D eigenvalue weighted by Crippen LogP contribution is 2.13. The first kappa shape index (κ1) is 14.3. The lowest BCUT2D eigenvalue weighted by Gasteiger charge is -2.06. The van der Waals surface area contributed by atoms with Crippen LogP contribution in [0.25, 0.3) is 5.65 Å². The van der Waals surface area contributed by atoms with Crippen LogP contribution in [0.2, 0.25) is 5.02 Å². The van der Waals surface area contributed by atoms with Crippen molar-refractivity contribution in [2.45, 2.75) is 6.92 Å². The summed E-state index contributed by atoms with van der Waals surface area (Å²) < 4.78 is 6.54. The Labute approximate surface area is 130 Å². The smallest absolute Gasteiger partial charge is 0.344 e. The second kappa shape index (κ2) is 5.61. The molecule has 1 aromatic carbocycles. The van der Waals surface area contributed by atoms with Gasteiger partial charge >= 0.3 is 5.97 Å². The number of pyridine rings is 1. The average molecular weight is 315 g/mol. The van der Waals surface area contributed by atoms with E-state index in [9.17, 15) is 9.59 Å². The fourth-order valence-corrected chi connectivity index (χ4v) is 2.10. The molecule has 2 heterocycles. The van der Waals surface area contributed by atoms with Crippen LogP contribution in [0.1, 0.15) is 15.9 Å². The van der Waals surface area contributed by atoms with Gasteiger partial charge in [-0.25, -0.2) is 4.79 Å². The quantitative estimate of drug-likeness (QED) is 0.682. The van der Waals surface area contributed by atoms with Crippen LogP contribution in [-0.4, -0.2) is 15.4 Å². The van der Waals surface area contributed by atoms with Gasteiger partial charge < -0.3 is 4.74 Å². The number of fused-ring (bicyclic) bond motifs is 1. The van der Waals surface area contributed by atoms with Gasteiger partial charge in [-0.1, -0.05) is 11.6 Å². The van der Waals surface area contributed by atoms with Crippen molar-refractivity contribution in [3.63, 3.8) is 0 Å². The van der Waals surface area contributed by atoms with Gasteiger partial charge in [-0.15, -0.1) is 0 Å². The molecule has 0 unspecified atom stereocenters. The molecule has 2 aromatic heterocycles. The van der Waals surface area contributed by atoms with Gasteiger partial charge in [-0.05, 0) is 48.9 Å². The Bertz CT molecular complexity index is 917. The van der Waals surface area contributed by atoms with Gasteiger partial charge in [0.05, 0.1) is 11.6 Å². The van der Waals surface area contributed by atoms with Crippen LogP contribution in [0.3, 0.4) is 0 Å². The lowest BCUT2D eigenvalue weighted by molar-refractivity contribution is 0.0727. The van der Waals surface area contributed by atoms with Gasteiger partial charge in [0.1, 0.15) is 5.65 Å². The highest BCUT2D eigenvalue weighted by atomic mass is 35.5. The van der Waals surface area contributed by atoms with E-state index in [1.807, 2.05) is 6.92 Å². The largest absolute Gasteiger partial charge is 0.404 e. The molecule has 0 atom stereocenters. The van der Waals surface area contributed by atoms with E-state index < -0.39 is 5.97 Å². The lowest BCUT2D eigenvalue weighted by Crippen LogP contribution is -2.17. The first-order valence-corrected chi connectivity index (χ1v) is 6.88. The maximum Gasteiger partial charge on any atom is 0.344 e. The van der Waals surface area contributed by atoms with Gasteiger partial charge in [-0.2, -0.15) is 4.98 Å². The summed E-state index contributed by atoms with van der Waals surface area (Å²) in [7, 11) is 0.